The van der Waals surface area contributed by atoms with Gasteiger partial charge in [-0.1, -0.05) is 36.4 Å². The molecule has 0 saturated carbocycles. The summed E-state index contributed by atoms with van der Waals surface area (Å²) < 4.78 is 71.2. The highest BCUT2D eigenvalue weighted by atomic mass is 32.2. The Morgan fingerprint density at radius 3 is 2.17 bits per heavy atom. The first kappa shape index (κ1) is 33.9. The SMILES string of the molecule is CCOc1cc(C(Nc2cccc(CN)c2)C(=O)NS(=O)(=O)c2ccccc2)ccc1OC(C)C.O=C(O)C(F)(F)F. The number of carbonyl (C=O) groups excluding carboxylic acids is 1. The predicted octanol–water partition coefficient (Wildman–Crippen LogP) is 4.62. The number of carboxylic acids is 1. The van der Waals surface area contributed by atoms with Crippen molar-refractivity contribution < 1.29 is 45.8 Å². The number of ether oxygens (including phenoxy) is 2. The first-order chi connectivity index (χ1) is 19.7. The Balaban J connectivity index is 0.000000782. The maximum atomic E-state index is 13.4. The molecule has 1 atom stereocenters. The number of hydrogen-bond acceptors (Lipinski definition) is 8. The van der Waals surface area contributed by atoms with Crippen molar-refractivity contribution >= 4 is 27.6 Å². The van der Waals surface area contributed by atoms with Gasteiger partial charge < -0.3 is 25.6 Å². The number of anilines is 1. The van der Waals surface area contributed by atoms with Crippen LogP contribution in [0.15, 0.2) is 77.7 Å². The molecule has 10 nitrogen and oxygen atoms in total. The Kier molecular flexibility index (Phi) is 12.2. The smallest absolute Gasteiger partial charge is 0.490 e. The van der Waals surface area contributed by atoms with Crippen LogP contribution in [0.2, 0.25) is 0 Å². The quantitative estimate of drug-likeness (QED) is 0.243. The second-order valence-corrected chi connectivity index (χ2v) is 10.6. The molecule has 3 aromatic rings. The Labute approximate surface area is 241 Å². The lowest BCUT2D eigenvalue weighted by molar-refractivity contribution is -0.192. The zero-order valence-electron chi connectivity index (χ0n) is 23.0. The minimum Gasteiger partial charge on any atom is -0.490 e. The van der Waals surface area contributed by atoms with Crippen LogP contribution in [-0.2, 0) is 26.2 Å². The summed E-state index contributed by atoms with van der Waals surface area (Å²) in [6, 6.07) is 19.1. The molecule has 1 unspecified atom stereocenters. The highest BCUT2D eigenvalue weighted by Crippen LogP contribution is 2.33. The van der Waals surface area contributed by atoms with Gasteiger partial charge in [0.15, 0.2) is 11.5 Å². The molecular formula is C28H32F3N3O7S. The molecule has 0 radical (unpaired) electrons. The number of nitrogens with two attached hydrogens (primary N) is 1. The number of halogens is 3. The van der Waals surface area contributed by atoms with Crippen molar-refractivity contribution in [3.05, 3.63) is 83.9 Å². The molecule has 0 bridgehead atoms. The molecule has 0 saturated heterocycles. The van der Waals surface area contributed by atoms with E-state index in [-0.39, 0.29) is 11.0 Å². The number of sulfonamides is 1. The van der Waals surface area contributed by atoms with Gasteiger partial charge in [-0.3, -0.25) is 4.79 Å². The summed E-state index contributed by atoms with van der Waals surface area (Å²) >= 11 is 0. The summed E-state index contributed by atoms with van der Waals surface area (Å²) in [5, 5.41) is 10.3. The van der Waals surface area contributed by atoms with Crippen molar-refractivity contribution in [1.29, 1.82) is 0 Å². The molecular weight excluding hydrogens is 579 g/mol. The molecule has 0 aliphatic rings. The van der Waals surface area contributed by atoms with Gasteiger partial charge in [-0.15, -0.1) is 0 Å². The van der Waals surface area contributed by atoms with Gasteiger partial charge in [0.25, 0.3) is 15.9 Å². The van der Waals surface area contributed by atoms with Gasteiger partial charge in [0, 0.05) is 12.2 Å². The van der Waals surface area contributed by atoms with Crippen LogP contribution < -0.4 is 25.2 Å². The fraction of sp³-hybridized carbons (Fsp3) is 0.286. The Hall–Kier alpha value is -4.30. The number of nitrogens with one attached hydrogen (secondary N) is 2. The average molecular weight is 612 g/mol. The topological polar surface area (TPSA) is 157 Å². The van der Waals surface area contributed by atoms with Gasteiger partial charge in [0.1, 0.15) is 6.04 Å². The number of carboxylic acid groups (broad SMARTS) is 1. The summed E-state index contributed by atoms with van der Waals surface area (Å²) in [7, 11) is -4.08. The molecule has 0 spiro atoms. The first-order valence-electron chi connectivity index (χ1n) is 12.6. The molecule has 5 N–H and O–H groups in total. The second-order valence-electron chi connectivity index (χ2n) is 8.87. The maximum Gasteiger partial charge on any atom is 0.490 e. The van der Waals surface area contributed by atoms with Gasteiger partial charge in [-0.2, -0.15) is 13.2 Å². The Morgan fingerprint density at radius 1 is 0.976 bits per heavy atom. The average Bonchev–Trinajstić information content (AvgIpc) is 2.93. The predicted molar refractivity (Wildman–Crippen MR) is 150 cm³/mol. The normalized spacial score (nSPS) is 12.0. The number of rotatable bonds is 11. The number of benzene rings is 3. The van der Waals surface area contributed by atoms with Crippen molar-refractivity contribution in [1.82, 2.24) is 4.72 Å². The van der Waals surface area contributed by atoms with Crippen LogP contribution in [0.5, 0.6) is 11.5 Å². The lowest BCUT2D eigenvalue weighted by Gasteiger charge is -2.22. The third kappa shape index (κ3) is 10.3. The van der Waals surface area contributed by atoms with E-state index in [9.17, 15) is 26.4 Å². The van der Waals surface area contributed by atoms with Crippen molar-refractivity contribution in [2.24, 2.45) is 5.73 Å². The molecule has 0 aliphatic heterocycles. The summed E-state index contributed by atoms with van der Waals surface area (Å²) in [6.07, 6.45) is -5.16. The van der Waals surface area contributed by atoms with E-state index < -0.39 is 34.1 Å². The molecule has 228 valence electrons. The van der Waals surface area contributed by atoms with Gasteiger partial charge in [-0.25, -0.2) is 17.9 Å². The largest absolute Gasteiger partial charge is 0.490 e. The number of carbonyl (C=O) groups is 2. The monoisotopic (exact) mass is 611 g/mol. The summed E-state index contributed by atoms with van der Waals surface area (Å²) in [5.74, 6) is -2.51. The third-order valence-electron chi connectivity index (χ3n) is 5.23. The zero-order chi connectivity index (χ0) is 31.5. The van der Waals surface area contributed by atoms with Crippen LogP contribution in [0.25, 0.3) is 0 Å². The van der Waals surface area contributed by atoms with E-state index in [1.54, 1.807) is 42.5 Å². The van der Waals surface area contributed by atoms with Crippen molar-refractivity contribution in [3.8, 4) is 11.5 Å². The Morgan fingerprint density at radius 2 is 1.62 bits per heavy atom. The van der Waals surface area contributed by atoms with E-state index >= 15 is 0 Å². The van der Waals surface area contributed by atoms with Gasteiger partial charge >= 0.3 is 12.1 Å². The number of alkyl halides is 3. The van der Waals surface area contributed by atoms with E-state index in [2.05, 4.69) is 10.0 Å². The lowest BCUT2D eigenvalue weighted by Crippen LogP contribution is -2.37. The van der Waals surface area contributed by atoms with Crippen LogP contribution >= 0.6 is 0 Å². The maximum absolute atomic E-state index is 13.4. The van der Waals surface area contributed by atoms with Gasteiger partial charge in [-0.05, 0) is 68.3 Å². The highest BCUT2D eigenvalue weighted by molar-refractivity contribution is 7.90. The van der Waals surface area contributed by atoms with E-state index in [1.165, 1.54) is 12.1 Å². The van der Waals surface area contributed by atoms with Crippen LogP contribution in [0.4, 0.5) is 18.9 Å². The number of amides is 1. The summed E-state index contributed by atoms with van der Waals surface area (Å²) in [6.45, 7) is 6.37. The molecule has 0 heterocycles. The standard InChI is InChI=1S/C26H31N3O5S.C2HF3O2/c1-4-33-24-16-20(13-14-23(24)34-18(2)3)25(28-21-10-8-9-19(15-21)17-27)26(30)29-35(31,32)22-11-6-5-7-12-22;3-2(4,5)1(6)7/h5-16,18,25,28H,4,17,27H2,1-3H3,(H,29,30);(H,6,7). The van der Waals surface area contributed by atoms with Crippen molar-refractivity contribution in [2.45, 2.75) is 50.5 Å². The number of aliphatic carboxylic acids is 1. The van der Waals surface area contributed by atoms with Gasteiger partial charge in [0.05, 0.1) is 17.6 Å². The molecule has 14 heteroatoms. The lowest BCUT2D eigenvalue weighted by atomic mass is 10.0. The van der Waals surface area contributed by atoms with Crippen LogP contribution in [0.1, 0.15) is 37.9 Å². The summed E-state index contributed by atoms with van der Waals surface area (Å²) in [4.78, 5) is 22.3. The van der Waals surface area contributed by atoms with Crippen LogP contribution in [-0.4, -0.2) is 44.3 Å². The minimum atomic E-state index is -5.08. The fourth-order valence-electron chi connectivity index (χ4n) is 3.43. The van der Waals surface area contributed by atoms with E-state index in [4.69, 9.17) is 25.1 Å². The Bertz CT molecular complexity index is 1450. The van der Waals surface area contributed by atoms with Crippen LogP contribution in [0.3, 0.4) is 0 Å². The highest BCUT2D eigenvalue weighted by Gasteiger charge is 2.38. The minimum absolute atomic E-state index is 0.00656. The van der Waals surface area contributed by atoms with Crippen LogP contribution in [0, 0.1) is 0 Å². The van der Waals surface area contributed by atoms with Gasteiger partial charge in [0.2, 0.25) is 0 Å². The fourth-order valence-corrected chi connectivity index (χ4v) is 4.44. The number of hydrogen-bond donors (Lipinski definition) is 4. The molecule has 42 heavy (non-hydrogen) atoms. The van der Waals surface area contributed by atoms with E-state index in [0.717, 1.165) is 5.56 Å². The molecule has 0 fully saturated rings. The zero-order valence-corrected chi connectivity index (χ0v) is 23.8. The molecule has 0 aromatic heterocycles. The van der Waals surface area contributed by atoms with E-state index in [1.807, 2.05) is 39.0 Å². The second kappa shape index (κ2) is 15.1. The molecule has 1 amide bonds. The van der Waals surface area contributed by atoms with E-state index in [0.29, 0.717) is 35.9 Å². The molecule has 0 aliphatic carbocycles. The third-order valence-corrected chi connectivity index (χ3v) is 6.59. The molecule has 3 rings (SSSR count). The first-order valence-corrected chi connectivity index (χ1v) is 14.1. The van der Waals surface area contributed by atoms with Crippen molar-refractivity contribution in [3.63, 3.8) is 0 Å². The molecule has 3 aromatic carbocycles. The van der Waals surface area contributed by atoms with Crippen molar-refractivity contribution in [2.75, 3.05) is 11.9 Å². The summed E-state index contributed by atoms with van der Waals surface area (Å²) in [5.41, 5.74) is 7.74.